The predicted octanol–water partition coefficient (Wildman–Crippen LogP) is 2.92. The number of aliphatic carboxylic acids is 1. The van der Waals surface area contributed by atoms with Gasteiger partial charge in [-0.2, -0.15) is 0 Å². The summed E-state index contributed by atoms with van der Waals surface area (Å²) in [6, 6.07) is 8.62. The van der Waals surface area contributed by atoms with Crippen LogP contribution in [0.3, 0.4) is 0 Å². The van der Waals surface area contributed by atoms with Crippen molar-refractivity contribution in [2.45, 2.75) is 6.42 Å². The molecular formula is C14H10O4. The molecule has 0 aliphatic heterocycles. The molecule has 3 rings (SSSR count). The fourth-order valence-corrected chi connectivity index (χ4v) is 2.21. The molecule has 0 spiro atoms. The van der Waals surface area contributed by atoms with Gasteiger partial charge in [-0.05, 0) is 35.0 Å². The Kier molecular flexibility index (Phi) is 2.23. The molecule has 1 aromatic heterocycles. The Hall–Kier alpha value is -2.49. The monoisotopic (exact) mass is 242 g/mol. The number of phenolic OH excluding ortho intramolecular Hbond substituents is 1. The first-order chi connectivity index (χ1) is 8.65. The molecule has 3 aromatic rings. The fraction of sp³-hybridized carbons (Fsp3) is 0.0714. The molecule has 0 radical (unpaired) electrons. The molecule has 2 aromatic carbocycles. The van der Waals surface area contributed by atoms with Crippen LogP contribution in [-0.4, -0.2) is 16.2 Å². The lowest BCUT2D eigenvalue weighted by Crippen LogP contribution is -1.98. The maximum absolute atomic E-state index is 10.8. The van der Waals surface area contributed by atoms with Gasteiger partial charge in [-0.15, -0.1) is 0 Å². The molecule has 0 amide bonds. The van der Waals surface area contributed by atoms with Crippen molar-refractivity contribution in [2.24, 2.45) is 0 Å². The highest BCUT2D eigenvalue weighted by molar-refractivity contribution is 6.08. The Morgan fingerprint density at radius 2 is 2.06 bits per heavy atom. The van der Waals surface area contributed by atoms with Crippen molar-refractivity contribution in [3.63, 3.8) is 0 Å². The van der Waals surface area contributed by atoms with Gasteiger partial charge in [0.1, 0.15) is 11.3 Å². The number of furan rings is 1. The second kappa shape index (κ2) is 3.77. The van der Waals surface area contributed by atoms with Crippen LogP contribution < -0.4 is 0 Å². The summed E-state index contributed by atoms with van der Waals surface area (Å²) >= 11 is 0. The van der Waals surface area contributed by atoms with Crippen LogP contribution >= 0.6 is 0 Å². The number of hydrogen-bond acceptors (Lipinski definition) is 3. The molecular weight excluding hydrogens is 232 g/mol. The zero-order valence-corrected chi connectivity index (χ0v) is 9.38. The summed E-state index contributed by atoms with van der Waals surface area (Å²) in [5.41, 5.74) is 1.30. The van der Waals surface area contributed by atoms with Gasteiger partial charge in [0.2, 0.25) is 0 Å². The molecule has 0 aliphatic carbocycles. The summed E-state index contributed by atoms with van der Waals surface area (Å²) in [7, 11) is 0. The molecule has 4 heteroatoms. The molecule has 90 valence electrons. The van der Waals surface area contributed by atoms with Crippen LogP contribution in [0.5, 0.6) is 5.75 Å². The molecule has 0 bridgehead atoms. The zero-order chi connectivity index (χ0) is 12.7. The average molecular weight is 242 g/mol. The zero-order valence-electron chi connectivity index (χ0n) is 9.38. The van der Waals surface area contributed by atoms with E-state index in [0.29, 0.717) is 11.1 Å². The van der Waals surface area contributed by atoms with Gasteiger partial charge in [-0.1, -0.05) is 6.07 Å². The minimum absolute atomic E-state index is 0.0764. The lowest BCUT2D eigenvalue weighted by molar-refractivity contribution is -0.136. The van der Waals surface area contributed by atoms with Crippen LogP contribution in [0.4, 0.5) is 0 Å². The molecule has 0 saturated carbocycles. The first kappa shape index (κ1) is 10.7. The number of carboxylic acids is 1. The van der Waals surface area contributed by atoms with Gasteiger partial charge in [0.15, 0.2) is 0 Å². The Balaban J connectivity index is 2.36. The third-order valence-corrected chi connectivity index (χ3v) is 2.96. The molecule has 0 aliphatic rings. The van der Waals surface area contributed by atoms with Crippen molar-refractivity contribution in [2.75, 3.05) is 0 Å². The quantitative estimate of drug-likeness (QED) is 0.724. The predicted molar refractivity (Wildman–Crippen MR) is 66.7 cm³/mol. The van der Waals surface area contributed by atoms with E-state index in [1.165, 1.54) is 6.26 Å². The van der Waals surface area contributed by atoms with Crippen LogP contribution in [0.15, 0.2) is 41.0 Å². The van der Waals surface area contributed by atoms with Gasteiger partial charge in [0.05, 0.1) is 12.7 Å². The molecule has 18 heavy (non-hydrogen) atoms. The molecule has 4 nitrogen and oxygen atoms in total. The summed E-state index contributed by atoms with van der Waals surface area (Å²) in [5.74, 6) is -0.710. The summed E-state index contributed by atoms with van der Waals surface area (Å²) in [6.45, 7) is 0. The van der Waals surface area contributed by atoms with Crippen molar-refractivity contribution in [1.29, 1.82) is 0 Å². The van der Waals surface area contributed by atoms with E-state index >= 15 is 0 Å². The Labute approximate surface area is 102 Å². The summed E-state index contributed by atoms with van der Waals surface area (Å²) in [5, 5.41) is 20.9. The summed E-state index contributed by atoms with van der Waals surface area (Å²) in [6.07, 6.45) is 1.40. The average Bonchev–Trinajstić information content (AvgIpc) is 2.71. The van der Waals surface area contributed by atoms with E-state index < -0.39 is 5.97 Å². The summed E-state index contributed by atoms with van der Waals surface area (Å²) in [4.78, 5) is 10.8. The van der Waals surface area contributed by atoms with Crippen LogP contribution in [0, 0.1) is 0 Å². The third-order valence-electron chi connectivity index (χ3n) is 2.96. The van der Waals surface area contributed by atoms with Crippen LogP contribution in [0.2, 0.25) is 0 Å². The lowest BCUT2D eigenvalue weighted by Gasteiger charge is -2.01. The maximum Gasteiger partial charge on any atom is 0.307 e. The highest BCUT2D eigenvalue weighted by atomic mass is 16.4. The fourth-order valence-electron chi connectivity index (χ4n) is 2.21. The number of aromatic hydroxyl groups is 1. The normalized spacial score (nSPS) is 11.1. The number of carboxylic acid groups (broad SMARTS) is 1. The molecule has 0 atom stereocenters. The SMILES string of the molecule is O=C(O)Cc1coc2ccc3cc(O)ccc3c12. The number of rotatable bonds is 2. The number of fused-ring (bicyclic) bond motifs is 3. The van der Waals surface area contributed by atoms with Crippen molar-refractivity contribution in [3.8, 4) is 5.75 Å². The van der Waals surface area contributed by atoms with Crippen molar-refractivity contribution >= 4 is 27.7 Å². The van der Waals surface area contributed by atoms with Gasteiger partial charge < -0.3 is 14.6 Å². The van der Waals surface area contributed by atoms with Crippen LogP contribution in [0.1, 0.15) is 5.56 Å². The Bertz CT molecular complexity index is 755. The highest BCUT2D eigenvalue weighted by Gasteiger charge is 2.12. The van der Waals surface area contributed by atoms with E-state index in [2.05, 4.69) is 0 Å². The topological polar surface area (TPSA) is 70.7 Å². The first-order valence-electron chi connectivity index (χ1n) is 5.49. The molecule has 1 heterocycles. The molecule has 0 fully saturated rings. The standard InChI is InChI=1S/C14H10O4/c15-10-2-3-11-8(5-10)1-4-12-14(11)9(7-18-12)6-13(16)17/h1-5,7,15H,6H2,(H,16,17). The van der Waals surface area contributed by atoms with E-state index in [1.54, 1.807) is 24.3 Å². The van der Waals surface area contributed by atoms with E-state index in [4.69, 9.17) is 9.52 Å². The molecule has 0 saturated heterocycles. The number of phenols is 1. The van der Waals surface area contributed by atoms with Crippen molar-refractivity contribution in [1.82, 2.24) is 0 Å². The van der Waals surface area contributed by atoms with Gasteiger partial charge in [0, 0.05) is 10.9 Å². The van der Waals surface area contributed by atoms with Crippen LogP contribution in [0.25, 0.3) is 21.7 Å². The van der Waals surface area contributed by atoms with Gasteiger partial charge >= 0.3 is 5.97 Å². The smallest absolute Gasteiger partial charge is 0.307 e. The largest absolute Gasteiger partial charge is 0.508 e. The molecule has 0 unspecified atom stereocenters. The number of carbonyl (C=O) groups is 1. The summed E-state index contributed by atoms with van der Waals surface area (Å²) < 4.78 is 5.36. The minimum Gasteiger partial charge on any atom is -0.508 e. The second-order valence-electron chi connectivity index (χ2n) is 4.18. The van der Waals surface area contributed by atoms with E-state index in [0.717, 1.165) is 16.2 Å². The third kappa shape index (κ3) is 1.59. The van der Waals surface area contributed by atoms with Gasteiger partial charge in [-0.3, -0.25) is 4.79 Å². The lowest BCUT2D eigenvalue weighted by atomic mass is 10.0. The van der Waals surface area contributed by atoms with Crippen LogP contribution in [-0.2, 0) is 11.2 Å². The number of hydrogen-bond donors (Lipinski definition) is 2. The van der Waals surface area contributed by atoms with Gasteiger partial charge in [0.25, 0.3) is 0 Å². The van der Waals surface area contributed by atoms with Crippen molar-refractivity contribution < 1.29 is 19.4 Å². The Morgan fingerprint density at radius 3 is 2.83 bits per heavy atom. The van der Waals surface area contributed by atoms with E-state index in [-0.39, 0.29) is 12.2 Å². The van der Waals surface area contributed by atoms with Gasteiger partial charge in [-0.25, -0.2) is 0 Å². The van der Waals surface area contributed by atoms with E-state index in [1.807, 2.05) is 6.07 Å². The minimum atomic E-state index is -0.895. The maximum atomic E-state index is 10.8. The Morgan fingerprint density at radius 1 is 1.22 bits per heavy atom. The first-order valence-corrected chi connectivity index (χ1v) is 5.49. The number of benzene rings is 2. The highest BCUT2D eigenvalue weighted by Crippen LogP contribution is 2.31. The van der Waals surface area contributed by atoms with E-state index in [9.17, 15) is 9.90 Å². The second-order valence-corrected chi connectivity index (χ2v) is 4.18. The van der Waals surface area contributed by atoms with Crippen molar-refractivity contribution in [3.05, 3.63) is 42.2 Å². The molecule has 2 N–H and O–H groups in total.